The van der Waals surface area contributed by atoms with E-state index in [4.69, 9.17) is 4.94 Å². The summed E-state index contributed by atoms with van der Waals surface area (Å²) >= 11 is 0. The third-order valence-corrected chi connectivity index (χ3v) is 3.82. The molecule has 8 heteroatoms. The van der Waals surface area contributed by atoms with Crippen LogP contribution in [-0.2, 0) is 4.94 Å². The maximum Gasteiger partial charge on any atom is 0.270 e. The van der Waals surface area contributed by atoms with Gasteiger partial charge in [-0.25, -0.2) is 4.98 Å². The molecule has 25 heavy (non-hydrogen) atoms. The van der Waals surface area contributed by atoms with Crippen molar-refractivity contribution in [3.05, 3.63) is 88.8 Å². The van der Waals surface area contributed by atoms with Crippen LogP contribution in [0.2, 0.25) is 0 Å². The summed E-state index contributed by atoms with van der Waals surface area (Å²) in [7, 11) is 0. The van der Waals surface area contributed by atoms with Gasteiger partial charge in [-0.2, -0.15) is 0 Å². The fourth-order valence-electron chi connectivity index (χ4n) is 2.67. The molecule has 3 heterocycles. The summed E-state index contributed by atoms with van der Waals surface area (Å²) in [5.74, 6) is 1.10. The standard InChI is InChI=1S/C17H13N5O3/c23-22(24)14-7-5-6-13(12-14)17-19-25-21(15-8-1-3-10-18-15)16-9-2-4-11-20(16)17/h1-12,16H. The number of rotatable bonds is 3. The number of oxime groups is 1. The van der Waals surface area contributed by atoms with Gasteiger partial charge in [-0.15, -0.1) is 5.06 Å². The Morgan fingerprint density at radius 3 is 2.88 bits per heavy atom. The highest BCUT2D eigenvalue weighted by Gasteiger charge is 2.34. The van der Waals surface area contributed by atoms with Gasteiger partial charge in [0.25, 0.3) is 5.69 Å². The number of fused-ring (bicyclic) bond motifs is 1. The minimum atomic E-state index is -0.433. The topological polar surface area (TPSA) is 84.1 Å². The first-order valence-electron chi connectivity index (χ1n) is 7.57. The monoisotopic (exact) mass is 335 g/mol. The molecule has 124 valence electrons. The Hall–Kier alpha value is -3.68. The number of non-ortho nitro benzene ring substituents is 1. The molecule has 0 bridgehead atoms. The Kier molecular flexibility index (Phi) is 3.62. The quantitative estimate of drug-likeness (QED) is 0.633. The normalized spacial score (nSPS) is 18.4. The van der Waals surface area contributed by atoms with Crippen molar-refractivity contribution in [2.75, 3.05) is 5.06 Å². The van der Waals surface area contributed by atoms with Gasteiger partial charge in [0, 0.05) is 30.1 Å². The van der Waals surface area contributed by atoms with Gasteiger partial charge in [-0.05, 0) is 29.4 Å². The summed E-state index contributed by atoms with van der Waals surface area (Å²) in [5, 5.41) is 16.8. The molecule has 1 unspecified atom stereocenters. The van der Waals surface area contributed by atoms with E-state index in [1.165, 1.54) is 12.1 Å². The van der Waals surface area contributed by atoms with Crippen molar-refractivity contribution in [1.82, 2.24) is 9.88 Å². The van der Waals surface area contributed by atoms with Crippen LogP contribution in [-0.4, -0.2) is 26.8 Å². The predicted molar refractivity (Wildman–Crippen MR) is 91.3 cm³/mol. The van der Waals surface area contributed by atoms with Gasteiger partial charge in [0.05, 0.1) is 4.92 Å². The summed E-state index contributed by atoms with van der Waals surface area (Å²) in [6.45, 7) is 0. The van der Waals surface area contributed by atoms with Crippen LogP contribution < -0.4 is 5.06 Å². The second-order valence-corrected chi connectivity index (χ2v) is 5.37. The lowest BCUT2D eigenvalue weighted by atomic mass is 10.1. The average molecular weight is 335 g/mol. The van der Waals surface area contributed by atoms with Crippen LogP contribution in [0.3, 0.4) is 0 Å². The van der Waals surface area contributed by atoms with E-state index in [0.29, 0.717) is 17.2 Å². The zero-order chi connectivity index (χ0) is 17.2. The lowest BCUT2D eigenvalue weighted by Gasteiger charge is -2.39. The average Bonchev–Trinajstić information content (AvgIpc) is 2.68. The highest BCUT2D eigenvalue weighted by atomic mass is 16.8. The van der Waals surface area contributed by atoms with Crippen molar-refractivity contribution in [2.45, 2.75) is 6.17 Å². The molecular weight excluding hydrogens is 322 g/mol. The largest absolute Gasteiger partial charge is 0.302 e. The SMILES string of the molecule is O=[N+]([O-])c1cccc(C2=NON(c3ccccn3)C3C=CC=CN23)c1. The number of allylic oxidation sites excluding steroid dienone is 2. The van der Waals surface area contributed by atoms with E-state index in [1.807, 2.05) is 47.5 Å². The van der Waals surface area contributed by atoms with Crippen LogP contribution >= 0.6 is 0 Å². The first-order chi connectivity index (χ1) is 12.2. The molecule has 1 atom stereocenters. The number of nitro benzene ring substituents is 1. The van der Waals surface area contributed by atoms with E-state index in [9.17, 15) is 10.1 Å². The molecule has 0 radical (unpaired) electrons. The number of hydroxylamine groups is 1. The highest BCUT2D eigenvalue weighted by Crippen LogP contribution is 2.27. The van der Waals surface area contributed by atoms with Crippen molar-refractivity contribution < 1.29 is 9.86 Å². The second-order valence-electron chi connectivity index (χ2n) is 5.37. The van der Waals surface area contributed by atoms with Gasteiger partial charge in [-0.3, -0.25) is 15.1 Å². The predicted octanol–water partition coefficient (Wildman–Crippen LogP) is 2.81. The fraction of sp³-hybridized carbons (Fsp3) is 0.0588. The lowest BCUT2D eigenvalue weighted by Crippen LogP contribution is -2.52. The number of pyridine rings is 1. The summed E-state index contributed by atoms with van der Waals surface area (Å²) in [5.41, 5.74) is 0.597. The molecule has 2 aliphatic heterocycles. The van der Waals surface area contributed by atoms with Crippen molar-refractivity contribution in [1.29, 1.82) is 0 Å². The minimum absolute atomic E-state index is 0.000404. The Bertz CT molecular complexity index is 894. The third kappa shape index (κ3) is 2.69. The molecule has 0 aliphatic carbocycles. The van der Waals surface area contributed by atoms with Crippen molar-refractivity contribution in [2.24, 2.45) is 5.16 Å². The van der Waals surface area contributed by atoms with Crippen LogP contribution in [0, 0.1) is 10.1 Å². The molecule has 2 aliphatic rings. The number of nitro groups is 1. The highest BCUT2D eigenvalue weighted by molar-refractivity contribution is 6.00. The number of amidine groups is 1. The van der Waals surface area contributed by atoms with E-state index in [1.54, 1.807) is 23.4 Å². The molecule has 0 saturated carbocycles. The zero-order valence-corrected chi connectivity index (χ0v) is 13.0. The summed E-state index contributed by atoms with van der Waals surface area (Å²) in [6, 6.07) is 11.8. The van der Waals surface area contributed by atoms with Crippen LogP contribution in [0.1, 0.15) is 5.56 Å². The third-order valence-electron chi connectivity index (χ3n) is 3.82. The van der Waals surface area contributed by atoms with Crippen LogP contribution in [0.25, 0.3) is 0 Å². The minimum Gasteiger partial charge on any atom is -0.302 e. The van der Waals surface area contributed by atoms with E-state index >= 15 is 0 Å². The summed E-state index contributed by atoms with van der Waals surface area (Å²) in [6.07, 6.45) is 8.92. The van der Waals surface area contributed by atoms with Gasteiger partial charge in [0.2, 0.25) is 0 Å². The zero-order valence-electron chi connectivity index (χ0n) is 13.0. The molecule has 0 amide bonds. The number of nitrogens with zero attached hydrogens (tertiary/aromatic N) is 5. The molecule has 0 fully saturated rings. The van der Waals surface area contributed by atoms with Crippen molar-refractivity contribution >= 4 is 17.3 Å². The van der Waals surface area contributed by atoms with E-state index in [-0.39, 0.29) is 11.9 Å². The Labute approximate surface area is 143 Å². The second kappa shape index (κ2) is 6.08. The van der Waals surface area contributed by atoms with Crippen molar-refractivity contribution in [3.63, 3.8) is 0 Å². The first kappa shape index (κ1) is 14.9. The van der Waals surface area contributed by atoms with E-state index in [2.05, 4.69) is 10.1 Å². The molecular formula is C17H13N5O3. The Balaban J connectivity index is 1.74. The number of hydrogen-bond acceptors (Lipinski definition) is 7. The summed E-state index contributed by atoms with van der Waals surface area (Å²) in [4.78, 5) is 22.3. The van der Waals surface area contributed by atoms with Crippen LogP contribution in [0.4, 0.5) is 11.5 Å². The van der Waals surface area contributed by atoms with Gasteiger partial charge < -0.3 is 4.90 Å². The number of aromatic nitrogens is 1. The van der Waals surface area contributed by atoms with Crippen molar-refractivity contribution in [3.8, 4) is 0 Å². The molecule has 0 N–H and O–H groups in total. The van der Waals surface area contributed by atoms with Crippen LogP contribution in [0.5, 0.6) is 0 Å². The number of hydrogen-bond donors (Lipinski definition) is 0. The van der Waals surface area contributed by atoms with Gasteiger partial charge in [-0.1, -0.05) is 24.3 Å². The van der Waals surface area contributed by atoms with Gasteiger partial charge in [0.15, 0.2) is 17.8 Å². The lowest BCUT2D eigenvalue weighted by molar-refractivity contribution is -0.384. The number of anilines is 1. The maximum atomic E-state index is 11.0. The summed E-state index contributed by atoms with van der Waals surface area (Å²) < 4.78 is 0. The molecule has 4 rings (SSSR count). The molecule has 0 spiro atoms. The first-order valence-corrected chi connectivity index (χ1v) is 7.57. The molecule has 1 aromatic heterocycles. The Morgan fingerprint density at radius 1 is 1.16 bits per heavy atom. The number of benzene rings is 1. The Morgan fingerprint density at radius 2 is 2.08 bits per heavy atom. The molecule has 1 aromatic carbocycles. The fourth-order valence-corrected chi connectivity index (χ4v) is 2.67. The van der Waals surface area contributed by atoms with Crippen LogP contribution in [0.15, 0.2) is 78.2 Å². The van der Waals surface area contributed by atoms with E-state index in [0.717, 1.165) is 0 Å². The molecule has 0 saturated heterocycles. The van der Waals surface area contributed by atoms with Gasteiger partial charge >= 0.3 is 0 Å². The maximum absolute atomic E-state index is 11.0. The molecule has 2 aromatic rings. The molecule has 8 nitrogen and oxygen atoms in total. The van der Waals surface area contributed by atoms with Gasteiger partial charge in [0.1, 0.15) is 0 Å². The van der Waals surface area contributed by atoms with E-state index < -0.39 is 4.92 Å². The smallest absolute Gasteiger partial charge is 0.270 e.